The fraction of sp³-hybridized carbons (Fsp3) is 0.632. The number of aryl methyl sites for hydroxylation is 1. The molecule has 1 aliphatic heterocycles. The van der Waals surface area contributed by atoms with E-state index in [1.54, 1.807) is 0 Å². The van der Waals surface area contributed by atoms with Crippen molar-refractivity contribution in [2.24, 2.45) is 0 Å². The van der Waals surface area contributed by atoms with Crippen LogP contribution in [0.4, 0.5) is 5.69 Å². The van der Waals surface area contributed by atoms with E-state index in [1.165, 1.54) is 23.9 Å². The van der Waals surface area contributed by atoms with Crippen LogP contribution in [-0.4, -0.2) is 24.7 Å². The van der Waals surface area contributed by atoms with Crippen LogP contribution in [0, 0.1) is 6.92 Å². The molecule has 1 aromatic rings. The molecule has 1 aromatic carbocycles. The normalized spacial score (nSPS) is 21.2. The van der Waals surface area contributed by atoms with Crippen molar-refractivity contribution in [1.82, 2.24) is 0 Å². The largest absolute Gasteiger partial charge is 0.467 e. The Bertz CT molecular complexity index is 550. The maximum atomic E-state index is 12.4. The molecule has 22 heavy (non-hydrogen) atoms. The number of esters is 1. The van der Waals surface area contributed by atoms with E-state index < -0.39 is 0 Å². The summed E-state index contributed by atoms with van der Waals surface area (Å²) in [5.74, 6) is 0.372. The second kappa shape index (κ2) is 6.31. The van der Waals surface area contributed by atoms with Gasteiger partial charge in [0.05, 0.1) is 7.11 Å². The summed E-state index contributed by atoms with van der Waals surface area (Å²) >= 11 is 0. The molecule has 1 heterocycles. The number of hydrogen-bond donors (Lipinski definition) is 0. The molecule has 0 saturated heterocycles. The van der Waals surface area contributed by atoms with Crippen LogP contribution in [0.5, 0.6) is 0 Å². The first-order valence-electron chi connectivity index (χ1n) is 8.29. The van der Waals surface area contributed by atoms with Gasteiger partial charge < -0.3 is 9.64 Å². The summed E-state index contributed by atoms with van der Waals surface area (Å²) in [5.41, 5.74) is 3.76. The van der Waals surface area contributed by atoms with Crippen LogP contribution in [-0.2, 0) is 9.53 Å². The maximum absolute atomic E-state index is 12.4. The number of fused-ring (bicyclic) bond motifs is 1. The minimum atomic E-state index is -0.209. The Kier molecular flexibility index (Phi) is 4.84. The fourth-order valence-corrected chi connectivity index (χ4v) is 3.92. The van der Waals surface area contributed by atoms with E-state index in [0.717, 1.165) is 19.3 Å². The topological polar surface area (TPSA) is 29.5 Å². The smallest absolute Gasteiger partial charge is 0.328 e. The molecule has 0 radical (unpaired) electrons. The summed E-state index contributed by atoms with van der Waals surface area (Å²) in [6.07, 6.45) is 2.82. The zero-order valence-corrected chi connectivity index (χ0v) is 14.8. The van der Waals surface area contributed by atoms with Crippen molar-refractivity contribution in [2.75, 3.05) is 12.0 Å². The lowest BCUT2D eigenvalue weighted by Gasteiger charge is -2.50. The van der Waals surface area contributed by atoms with Gasteiger partial charge in [-0.3, -0.25) is 0 Å². The maximum Gasteiger partial charge on any atom is 0.328 e. The number of methoxy groups -OCH3 is 1. The minimum Gasteiger partial charge on any atom is -0.467 e. The molecule has 3 nitrogen and oxygen atoms in total. The predicted octanol–water partition coefficient (Wildman–Crippen LogP) is 4.43. The summed E-state index contributed by atoms with van der Waals surface area (Å²) in [6, 6.07) is 6.37. The van der Waals surface area contributed by atoms with Crippen LogP contribution in [0.2, 0.25) is 0 Å². The fourth-order valence-electron chi connectivity index (χ4n) is 3.92. The van der Waals surface area contributed by atoms with E-state index in [0.29, 0.717) is 5.92 Å². The average molecular weight is 303 g/mol. The third kappa shape index (κ3) is 2.99. The van der Waals surface area contributed by atoms with Crippen LogP contribution < -0.4 is 4.90 Å². The van der Waals surface area contributed by atoms with Crippen LogP contribution >= 0.6 is 0 Å². The second-order valence-corrected chi connectivity index (χ2v) is 7.18. The molecule has 0 aliphatic carbocycles. The number of hydrogen-bond acceptors (Lipinski definition) is 3. The zero-order chi connectivity index (χ0) is 16.5. The first-order chi connectivity index (χ1) is 10.3. The lowest BCUT2D eigenvalue weighted by atomic mass is 9.78. The van der Waals surface area contributed by atoms with Gasteiger partial charge in [0.15, 0.2) is 0 Å². The molecule has 1 aliphatic rings. The monoisotopic (exact) mass is 303 g/mol. The molecule has 0 amide bonds. The molecular formula is C19H29NO2. The molecule has 0 N–H and O–H groups in total. The van der Waals surface area contributed by atoms with E-state index in [2.05, 4.69) is 57.7 Å². The summed E-state index contributed by atoms with van der Waals surface area (Å²) in [5, 5.41) is 0. The highest BCUT2D eigenvalue weighted by atomic mass is 16.5. The molecule has 0 fully saturated rings. The molecule has 0 saturated carbocycles. The van der Waals surface area contributed by atoms with Crippen LogP contribution in [0.1, 0.15) is 64.0 Å². The number of carbonyl (C=O) groups is 1. The number of anilines is 1. The number of ether oxygens (including phenoxy) is 1. The third-order valence-corrected chi connectivity index (χ3v) is 4.78. The van der Waals surface area contributed by atoms with Crippen LogP contribution in [0.25, 0.3) is 0 Å². The Morgan fingerprint density at radius 2 is 2.14 bits per heavy atom. The van der Waals surface area contributed by atoms with Crippen molar-refractivity contribution in [3.8, 4) is 0 Å². The Balaban J connectivity index is 2.56. The number of carbonyl (C=O) groups excluding carboxylic acids is 1. The van der Waals surface area contributed by atoms with Gasteiger partial charge in [0.1, 0.15) is 6.04 Å². The quantitative estimate of drug-likeness (QED) is 0.771. The SMILES string of the molecule is CCC[C@@H](C(=O)OC)N1c2ccc(C)cc2[C@@H](C)CC1(C)C. The molecule has 3 heteroatoms. The Morgan fingerprint density at radius 3 is 2.73 bits per heavy atom. The van der Waals surface area contributed by atoms with Crippen molar-refractivity contribution < 1.29 is 9.53 Å². The first-order valence-corrected chi connectivity index (χ1v) is 8.29. The first kappa shape index (κ1) is 16.9. The summed E-state index contributed by atoms with van der Waals surface area (Å²) < 4.78 is 5.10. The molecule has 0 spiro atoms. The van der Waals surface area contributed by atoms with Gasteiger partial charge in [0.2, 0.25) is 0 Å². The van der Waals surface area contributed by atoms with Gasteiger partial charge in [-0.2, -0.15) is 0 Å². The standard InChI is InChI=1S/C19H29NO2/c1-7-8-17(18(21)22-6)20-16-10-9-13(2)11-15(16)14(3)12-19(20,4)5/h9-11,14,17H,7-8,12H2,1-6H3/t14-,17-/m0/s1. The van der Waals surface area contributed by atoms with Crippen molar-refractivity contribution in [1.29, 1.82) is 0 Å². The Hall–Kier alpha value is -1.51. The number of rotatable bonds is 4. The molecular weight excluding hydrogens is 274 g/mol. The van der Waals surface area contributed by atoms with Gasteiger partial charge in [0.25, 0.3) is 0 Å². The van der Waals surface area contributed by atoms with Gasteiger partial charge in [-0.25, -0.2) is 4.79 Å². The summed E-state index contributed by atoms with van der Waals surface area (Å²) in [7, 11) is 1.49. The van der Waals surface area contributed by atoms with Crippen molar-refractivity contribution in [2.45, 2.75) is 71.4 Å². The molecule has 2 rings (SSSR count). The summed E-state index contributed by atoms with van der Waals surface area (Å²) in [4.78, 5) is 14.7. The van der Waals surface area contributed by atoms with Gasteiger partial charge in [-0.1, -0.05) is 38.0 Å². The predicted molar refractivity (Wildman–Crippen MR) is 91.5 cm³/mol. The van der Waals surface area contributed by atoms with Crippen LogP contribution in [0.15, 0.2) is 18.2 Å². The second-order valence-electron chi connectivity index (χ2n) is 7.18. The highest BCUT2D eigenvalue weighted by Crippen LogP contribution is 2.45. The number of nitrogens with zero attached hydrogens (tertiary/aromatic N) is 1. The molecule has 2 atom stereocenters. The van der Waals surface area contributed by atoms with E-state index in [4.69, 9.17) is 4.74 Å². The van der Waals surface area contributed by atoms with E-state index in [-0.39, 0.29) is 17.6 Å². The molecule has 0 bridgehead atoms. The van der Waals surface area contributed by atoms with Crippen LogP contribution in [0.3, 0.4) is 0 Å². The highest BCUT2D eigenvalue weighted by Gasteiger charge is 2.42. The van der Waals surface area contributed by atoms with Crippen molar-refractivity contribution >= 4 is 11.7 Å². The lowest BCUT2D eigenvalue weighted by molar-refractivity contribution is -0.142. The van der Waals surface area contributed by atoms with Gasteiger partial charge in [0, 0.05) is 11.2 Å². The highest BCUT2D eigenvalue weighted by molar-refractivity contribution is 5.81. The Morgan fingerprint density at radius 1 is 1.45 bits per heavy atom. The number of benzene rings is 1. The zero-order valence-electron chi connectivity index (χ0n) is 14.8. The van der Waals surface area contributed by atoms with Gasteiger partial charge in [-0.05, 0) is 51.2 Å². The lowest BCUT2D eigenvalue weighted by Crippen LogP contribution is -2.56. The minimum absolute atomic E-state index is 0.0598. The average Bonchev–Trinajstić information content (AvgIpc) is 2.45. The van der Waals surface area contributed by atoms with E-state index >= 15 is 0 Å². The summed E-state index contributed by atoms with van der Waals surface area (Å²) in [6.45, 7) is 11.0. The van der Waals surface area contributed by atoms with Crippen molar-refractivity contribution in [3.63, 3.8) is 0 Å². The Labute approximate surface area is 134 Å². The van der Waals surface area contributed by atoms with Gasteiger partial charge in [-0.15, -0.1) is 0 Å². The van der Waals surface area contributed by atoms with E-state index in [1.807, 2.05) is 0 Å². The molecule has 122 valence electrons. The van der Waals surface area contributed by atoms with Crippen molar-refractivity contribution in [3.05, 3.63) is 29.3 Å². The third-order valence-electron chi connectivity index (χ3n) is 4.78. The molecule has 0 aromatic heterocycles. The van der Waals surface area contributed by atoms with Gasteiger partial charge >= 0.3 is 5.97 Å². The molecule has 0 unspecified atom stereocenters. The van der Waals surface area contributed by atoms with E-state index in [9.17, 15) is 4.79 Å².